The molecular weight excluding hydrogens is 152 g/mol. The lowest BCUT2D eigenvalue weighted by Gasteiger charge is -2.10. The standard InChI is InChI=1S/C10H22O2/c1-4-11-8-6-10(3)7-9-12-5-2/h10H,4-9H2,1-3H3. The van der Waals surface area contributed by atoms with Crippen molar-refractivity contribution in [2.45, 2.75) is 33.6 Å². The second kappa shape index (κ2) is 9.01. The van der Waals surface area contributed by atoms with Gasteiger partial charge in [0.15, 0.2) is 0 Å². The van der Waals surface area contributed by atoms with E-state index in [2.05, 4.69) is 6.92 Å². The molecule has 0 aromatic carbocycles. The Kier molecular flexibility index (Phi) is 8.95. The molecule has 0 N–H and O–H groups in total. The molecule has 12 heavy (non-hydrogen) atoms. The van der Waals surface area contributed by atoms with Crippen molar-refractivity contribution in [2.75, 3.05) is 26.4 Å². The van der Waals surface area contributed by atoms with Crippen molar-refractivity contribution in [3.63, 3.8) is 0 Å². The van der Waals surface area contributed by atoms with Crippen LogP contribution < -0.4 is 0 Å². The van der Waals surface area contributed by atoms with Gasteiger partial charge in [0.05, 0.1) is 0 Å². The number of hydrogen-bond acceptors (Lipinski definition) is 2. The first-order valence-electron chi connectivity index (χ1n) is 4.96. The zero-order chi connectivity index (χ0) is 9.23. The molecule has 0 radical (unpaired) electrons. The molecule has 2 nitrogen and oxygen atoms in total. The molecule has 2 heteroatoms. The van der Waals surface area contributed by atoms with E-state index in [0.717, 1.165) is 45.2 Å². The van der Waals surface area contributed by atoms with Crippen LogP contribution in [0, 0.1) is 5.92 Å². The van der Waals surface area contributed by atoms with E-state index in [1.54, 1.807) is 0 Å². The van der Waals surface area contributed by atoms with Crippen LogP contribution >= 0.6 is 0 Å². The molecule has 0 atom stereocenters. The summed E-state index contributed by atoms with van der Waals surface area (Å²) >= 11 is 0. The molecule has 0 aliphatic carbocycles. The SMILES string of the molecule is CCOCCC(C)CCOCC. The smallest absolute Gasteiger partial charge is 0.0468 e. The molecule has 74 valence electrons. The summed E-state index contributed by atoms with van der Waals surface area (Å²) in [6.07, 6.45) is 2.31. The van der Waals surface area contributed by atoms with E-state index >= 15 is 0 Å². The molecule has 0 amide bonds. The van der Waals surface area contributed by atoms with E-state index in [1.807, 2.05) is 13.8 Å². The molecule has 0 saturated heterocycles. The molecular formula is C10H22O2. The van der Waals surface area contributed by atoms with Crippen LogP contribution in [-0.4, -0.2) is 26.4 Å². The van der Waals surface area contributed by atoms with Crippen LogP contribution in [0.4, 0.5) is 0 Å². The lowest BCUT2D eigenvalue weighted by molar-refractivity contribution is 0.110. The van der Waals surface area contributed by atoms with Gasteiger partial charge in [0.1, 0.15) is 0 Å². The minimum absolute atomic E-state index is 0.725. The lowest BCUT2D eigenvalue weighted by atomic mass is 10.1. The van der Waals surface area contributed by atoms with E-state index in [1.165, 1.54) is 0 Å². The van der Waals surface area contributed by atoms with E-state index in [4.69, 9.17) is 9.47 Å². The minimum atomic E-state index is 0.725. The molecule has 0 heterocycles. The molecule has 0 aliphatic rings. The van der Waals surface area contributed by atoms with Crippen molar-refractivity contribution >= 4 is 0 Å². The highest BCUT2D eigenvalue weighted by atomic mass is 16.5. The van der Waals surface area contributed by atoms with Crippen molar-refractivity contribution in [3.05, 3.63) is 0 Å². The van der Waals surface area contributed by atoms with Gasteiger partial charge >= 0.3 is 0 Å². The van der Waals surface area contributed by atoms with Gasteiger partial charge in [-0.05, 0) is 32.6 Å². The van der Waals surface area contributed by atoms with Gasteiger partial charge < -0.3 is 9.47 Å². The van der Waals surface area contributed by atoms with Gasteiger partial charge in [0.2, 0.25) is 0 Å². The summed E-state index contributed by atoms with van der Waals surface area (Å²) in [5.41, 5.74) is 0. The fraction of sp³-hybridized carbons (Fsp3) is 1.00. The Morgan fingerprint density at radius 2 is 1.33 bits per heavy atom. The first kappa shape index (κ1) is 11.9. The van der Waals surface area contributed by atoms with Crippen molar-refractivity contribution in [1.29, 1.82) is 0 Å². The monoisotopic (exact) mass is 174 g/mol. The molecule has 0 fully saturated rings. The van der Waals surface area contributed by atoms with Gasteiger partial charge in [-0.25, -0.2) is 0 Å². The van der Waals surface area contributed by atoms with Crippen molar-refractivity contribution in [1.82, 2.24) is 0 Å². The third-order valence-corrected chi connectivity index (χ3v) is 1.92. The Morgan fingerprint density at radius 1 is 0.917 bits per heavy atom. The Morgan fingerprint density at radius 3 is 1.67 bits per heavy atom. The first-order valence-corrected chi connectivity index (χ1v) is 4.96. The maximum Gasteiger partial charge on any atom is 0.0468 e. The van der Waals surface area contributed by atoms with Gasteiger partial charge in [-0.3, -0.25) is 0 Å². The van der Waals surface area contributed by atoms with Crippen LogP contribution in [0.2, 0.25) is 0 Å². The Balaban J connectivity index is 3.04. The van der Waals surface area contributed by atoms with Crippen molar-refractivity contribution < 1.29 is 9.47 Å². The zero-order valence-corrected chi connectivity index (χ0v) is 8.64. The van der Waals surface area contributed by atoms with E-state index in [9.17, 15) is 0 Å². The van der Waals surface area contributed by atoms with Crippen LogP contribution in [-0.2, 0) is 9.47 Å². The summed E-state index contributed by atoms with van der Waals surface area (Å²) in [5.74, 6) is 0.725. The molecule has 0 saturated carbocycles. The van der Waals surface area contributed by atoms with Crippen LogP contribution in [0.15, 0.2) is 0 Å². The normalized spacial score (nSPS) is 11.0. The van der Waals surface area contributed by atoms with E-state index in [0.29, 0.717) is 0 Å². The Hall–Kier alpha value is -0.0800. The van der Waals surface area contributed by atoms with Crippen molar-refractivity contribution in [3.8, 4) is 0 Å². The maximum atomic E-state index is 5.27. The van der Waals surface area contributed by atoms with Crippen molar-refractivity contribution in [2.24, 2.45) is 5.92 Å². The van der Waals surface area contributed by atoms with Crippen LogP contribution in [0.3, 0.4) is 0 Å². The number of rotatable bonds is 8. The summed E-state index contributed by atoms with van der Waals surface area (Å²) < 4.78 is 10.5. The van der Waals surface area contributed by atoms with E-state index in [-0.39, 0.29) is 0 Å². The maximum absolute atomic E-state index is 5.27. The quantitative estimate of drug-likeness (QED) is 0.526. The number of hydrogen-bond donors (Lipinski definition) is 0. The summed E-state index contributed by atoms with van der Waals surface area (Å²) in [6.45, 7) is 9.76. The molecule has 0 aromatic heterocycles. The Bertz CT molecular complexity index is 73.9. The highest BCUT2D eigenvalue weighted by Crippen LogP contribution is 2.07. The third kappa shape index (κ3) is 8.02. The second-order valence-electron chi connectivity index (χ2n) is 3.08. The van der Waals surface area contributed by atoms with Crippen LogP contribution in [0.5, 0.6) is 0 Å². The molecule has 0 spiro atoms. The van der Waals surface area contributed by atoms with Gasteiger partial charge in [0.25, 0.3) is 0 Å². The summed E-state index contributed by atoms with van der Waals surface area (Å²) in [5, 5.41) is 0. The van der Waals surface area contributed by atoms with Crippen LogP contribution in [0.1, 0.15) is 33.6 Å². The highest BCUT2D eigenvalue weighted by Gasteiger charge is 2.00. The van der Waals surface area contributed by atoms with Gasteiger partial charge in [-0.2, -0.15) is 0 Å². The topological polar surface area (TPSA) is 18.5 Å². The predicted octanol–water partition coefficient (Wildman–Crippen LogP) is 2.48. The summed E-state index contributed by atoms with van der Waals surface area (Å²) in [7, 11) is 0. The summed E-state index contributed by atoms with van der Waals surface area (Å²) in [4.78, 5) is 0. The highest BCUT2D eigenvalue weighted by molar-refractivity contribution is 4.51. The molecule has 0 unspecified atom stereocenters. The van der Waals surface area contributed by atoms with Crippen LogP contribution in [0.25, 0.3) is 0 Å². The van der Waals surface area contributed by atoms with Gasteiger partial charge in [0, 0.05) is 26.4 Å². The predicted molar refractivity (Wildman–Crippen MR) is 51.4 cm³/mol. The van der Waals surface area contributed by atoms with Gasteiger partial charge in [-0.15, -0.1) is 0 Å². The third-order valence-electron chi connectivity index (χ3n) is 1.92. The molecule has 0 bridgehead atoms. The summed E-state index contributed by atoms with van der Waals surface area (Å²) in [6, 6.07) is 0. The average molecular weight is 174 g/mol. The average Bonchev–Trinajstić information content (AvgIpc) is 2.06. The Labute approximate surface area is 76.3 Å². The minimum Gasteiger partial charge on any atom is -0.382 e. The zero-order valence-electron chi connectivity index (χ0n) is 8.64. The molecule has 0 aromatic rings. The largest absolute Gasteiger partial charge is 0.382 e. The van der Waals surface area contributed by atoms with Gasteiger partial charge in [-0.1, -0.05) is 6.92 Å². The lowest BCUT2D eigenvalue weighted by Crippen LogP contribution is -2.05. The molecule has 0 rings (SSSR count). The molecule has 0 aliphatic heterocycles. The fourth-order valence-electron chi connectivity index (χ4n) is 1.00. The first-order chi connectivity index (χ1) is 5.81. The number of ether oxygens (including phenoxy) is 2. The second-order valence-corrected chi connectivity index (χ2v) is 3.08. The fourth-order valence-corrected chi connectivity index (χ4v) is 1.00. The van der Waals surface area contributed by atoms with E-state index < -0.39 is 0 Å².